The first-order valence-corrected chi connectivity index (χ1v) is 6.54. The van der Waals surface area contributed by atoms with Crippen molar-refractivity contribution in [1.29, 1.82) is 0 Å². The molecule has 19 heavy (non-hydrogen) atoms. The van der Waals surface area contributed by atoms with Crippen LogP contribution in [0, 0.1) is 0 Å². The molecule has 0 radical (unpaired) electrons. The molecule has 1 rings (SSSR count). The van der Waals surface area contributed by atoms with Crippen LogP contribution >= 0.6 is 0 Å². The monoisotopic (exact) mass is 257 g/mol. The van der Waals surface area contributed by atoms with E-state index in [4.69, 9.17) is 4.74 Å². The minimum Gasteiger partial charge on any atom is -0.484 e. The van der Waals surface area contributed by atoms with E-state index in [1.54, 1.807) is 7.11 Å². The second-order valence-electron chi connectivity index (χ2n) is 4.63. The molecule has 0 aromatic heterocycles. The second kappa shape index (κ2) is 6.93. The molecule has 1 aliphatic rings. The molecule has 0 N–H and O–H groups in total. The molecule has 0 heterocycles. The Morgan fingerprint density at radius 2 is 2.21 bits per heavy atom. The van der Waals surface area contributed by atoms with E-state index in [0.717, 1.165) is 24.1 Å². The summed E-state index contributed by atoms with van der Waals surface area (Å²) in [6.07, 6.45) is 8.06. The van der Waals surface area contributed by atoms with Crippen LogP contribution in [0.1, 0.15) is 33.6 Å². The van der Waals surface area contributed by atoms with Gasteiger partial charge in [-0.15, -0.1) is 0 Å². The van der Waals surface area contributed by atoms with Gasteiger partial charge in [0.25, 0.3) is 0 Å². The van der Waals surface area contributed by atoms with E-state index in [9.17, 15) is 0 Å². The van der Waals surface area contributed by atoms with Gasteiger partial charge in [0.05, 0.1) is 12.8 Å². The van der Waals surface area contributed by atoms with Crippen molar-refractivity contribution in [3.63, 3.8) is 0 Å². The molecule has 0 aromatic carbocycles. The summed E-state index contributed by atoms with van der Waals surface area (Å²) >= 11 is 0. The number of hydrogen-bond acceptors (Lipinski definition) is 2. The molecule has 0 saturated heterocycles. The molecule has 0 atom stereocenters. The topological polar surface area (TPSA) is 21.6 Å². The van der Waals surface area contributed by atoms with Gasteiger partial charge in [-0.25, -0.2) is 4.99 Å². The number of methoxy groups -OCH3 is 1. The first-order chi connectivity index (χ1) is 8.99. The van der Waals surface area contributed by atoms with E-state index in [2.05, 4.69) is 43.3 Å². The van der Waals surface area contributed by atoms with Crippen LogP contribution in [0.25, 0.3) is 0 Å². The number of allylic oxidation sites excluding steroid dienone is 7. The van der Waals surface area contributed by atoms with Crippen LogP contribution in [0.4, 0.5) is 0 Å². The average molecular weight is 257 g/mol. The quantitative estimate of drug-likeness (QED) is 0.405. The van der Waals surface area contributed by atoms with Crippen molar-refractivity contribution in [3.8, 4) is 0 Å². The lowest BCUT2D eigenvalue weighted by Gasteiger charge is -2.13. The Bertz CT molecular complexity index is 495. The van der Waals surface area contributed by atoms with Crippen LogP contribution in [-0.4, -0.2) is 13.0 Å². The van der Waals surface area contributed by atoms with Gasteiger partial charge < -0.3 is 4.74 Å². The Balaban J connectivity index is 2.97. The lowest BCUT2D eigenvalue weighted by Crippen LogP contribution is -2.00. The summed E-state index contributed by atoms with van der Waals surface area (Å²) in [5.41, 5.74) is 5.36. The van der Waals surface area contributed by atoms with Crippen LogP contribution in [0.15, 0.2) is 64.4 Å². The molecule has 0 bridgehead atoms. The standard InChI is InChI=1S/C17H23NO/c1-7-17(19-6)18-15(5)13(3)11-16-10-8-9-12(2)14(16)4/h8,10-11H,2,5,7,9H2,1,3-4,6H3/b13-11+,18-17?. The first kappa shape index (κ1) is 15.2. The molecule has 0 fully saturated rings. The molecule has 1 aliphatic carbocycles. The Hall–Kier alpha value is -1.83. The number of hydrogen-bond donors (Lipinski definition) is 0. The summed E-state index contributed by atoms with van der Waals surface area (Å²) in [4.78, 5) is 4.39. The molecule has 0 spiro atoms. The normalized spacial score (nSPS) is 16.9. The van der Waals surface area contributed by atoms with Gasteiger partial charge in [0.1, 0.15) is 0 Å². The predicted molar refractivity (Wildman–Crippen MR) is 83.2 cm³/mol. The largest absolute Gasteiger partial charge is 0.484 e. The molecule has 2 heteroatoms. The molecular formula is C17H23NO. The van der Waals surface area contributed by atoms with Crippen LogP contribution in [0.5, 0.6) is 0 Å². The minimum atomic E-state index is 0.701. The van der Waals surface area contributed by atoms with Gasteiger partial charge in [-0.1, -0.05) is 32.2 Å². The Labute approximate surface area is 116 Å². The molecule has 0 aromatic rings. The van der Waals surface area contributed by atoms with E-state index >= 15 is 0 Å². The summed E-state index contributed by atoms with van der Waals surface area (Å²) in [6, 6.07) is 0. The predicted octanol–water partition coefficient (Wildman–Crippen LogP) is 4.73. The van der Waals surface area contributed by atoms with Crippen molar-refractivity contribution in [2.45, 2.75) is 33.6 Å². The summed E-state index contributed by atoms with van der Waals surface area (Å²) in [6.45, 7) is 14.2. The van der Waals surface area contributed by atoms with Gasteiger partial charge >= 0.3 is 0 Å². The zero-order valence-electron chi connectivity index (χ0n) is 12.4. The lowest BCUT2D eigenvalue weighted by molar-refractivity contribution is 0.392. The second-order valence-corrected chi connectivity index (χ2v) is 4.63. The molecule has 0 amide bonds. The van der Waals surface area contributed by atoms with Crippen molar-refractivity contribution in [1.82, 2.24) is 0 Å². The average Bonchev–Trinajstić information content (AvgIpc) is 2.40. The fraction of sp³-hybridized carbons (Fsp3) is 0.353. The molecule has 2 nitrogen and oxygen atoms in total. The summed E-state index contributed by atoms with van der Waals surface area (Å²) in [7, 11) is 1.63. The highest BCUT2D eigenvalue weighted by Gasteiger charge is 2.07. The number of rotatable bonds is 4. The van der Waals surface area contributed by atoms with Crippen LogP contribution in [0.2, 0.25) is 0 Å². The zero-order valence-corrected chi connectivity index (χ0v) is 12.4. The Morgan fingerprint density at radius 1 is 1.53 bits per heavy atom. The van der Waals surface area contributed by atoms with Crippen molar-refractivity contribution in [2.24, 2.45) is 4.99 Å². The Morgan fingerprint density at radius 3 is 2.79 bits per heavy atom. The number of ether oxygens (including phenoxy) is 1. The van der Waals surface area contributed by atoms with E-state index < -0.39 is 0 Å². The van der Waals surface area contributed by atoms with Gasteiger partial charge in [0, 0.05) is 6.42 Å². The Kier molecular flexibility index (Phi) is 5.56. The highest BCUT2D eigenvalue weighted by Crippen LogP contribution is 2.25. The van der Waals surface area contributed by atoms with Crippen molar-refractivity contribution in [3.05, 3.63) is 59.4 Å². The van der Waals surface area contributed by atoms with Gasteiger partial charge in [-0.3, -0.25) is 0 Å². The SMILES string of the molecule is C=C1CC=CC(/C=C(\C)C(=C)N=C(CC)OC)=C1C. The fourth-order valence-electron chi connectivity index (χ4n) is 1.79. The third kappa shape index (κ3) is 4.09. The van der Waals surface area contributed by atoms with Crippen LogP contribution in [-0.2, 0) is 4.74 Å². The van der Waals surface area contributed by atoms with Gasteiger partial charge in [0.2, 0.25) is 0 Å². The third-order valence-corrected chi connectivity index (χ3v) is 3.25. The van der Waals surface area contributed by atoms with Crippen LogP contribution in [0.3, 0.4) is 0 Å². The van der Waals surface area contributed by atoms with Gasteiger partial charge in [-0.05, 0) is 48.6 Å². The molecule has 102 valence electrons. The molecule has 0 aliphatic heterocycles. The number of aliphatic imine (C=N–C) groups is 1. The maximum atomic E-state index is 5.17. The maximum absolute atomic E-state index is 5.17. The number of nitrogens with zero attached hydrogens (tertiary/aromatic N) is 1. The van der Waals surface area contributed by atoms with Crippen molar-refractivity contribution in [2.75, 3.05) is 7.11 Å². The molecular weight excluding hydrogens is 234 g/mol. The lowest BCUT2D eigenvalue weighted by atomic mass is 9.93. The van der Waals surface area contributed by atoms with Crippen molar-refractivity contribution < 1.29 is 4.74 Å². The van der Waals surface area contributed by atoms with E-state index in [0.29, 0.717) is 5.90 Å². The van der Waals surface area contributed by atoms with Crippen molar-refractivity contribution >= 4 is 5.90 Å². The van der Waals surface area contributed by atoms with E-state index in [1.165, 1.54) is 16.7 Å². The minimum absolute atomic E-state index is 0.701. The third-order valence-electron chi connectivity index (χ3n) is 3.25. The van der Waals surface area contributed by atoms with Crippen LogP contribution < -0.4 is 0 Å². The molecule has 0 saturated carbocycles. The van der Waals surface area contributed by atoms with E-state index in [-0.39, 0.29) is 0 Å². The summed E-state index contributed by atoms with van der Waals surface area (Å²) in [5, 5.41) is 0. The maximum Gasteiger partial charge on any atom is 0.187 e. The first-order valence-electron chi connectivity index (χ1n) is 6.54. The smallest absolute Gasteiger partial charge is 0.187 e. The highest BCUT2D eigenvalue weighted by molar-refractivity contribution is 5.77. The van der Waals surface area contributed by atoms with E-state index in [1.807, 2.05) is 13.8 Å². The van der Waals surface area contributed by atoms with Gasteiger partial charge in [0.15, 0.2) is 5.90 Å². The highest BCUT2D eigenvalue weighted by atomic mass is 16.5. The zero-order chi connectivity index (χ0) is 14.4. The summed E-state index contributed by atoms with van der Waals surface area (Å²) in [5.74, 6) is 0.701. The molecule has 0 unspecified atom stereocenters. The van der Waals surface area contributed by atoms with Gasteiger partial charge in [-0.2, -0.15) is 0 Å². The fourth-order valence-corrected chi connectivity index (χ4v) is 1.79. The summed E-state index contributed by atoms with van der Waals surface area (Å²) < 4.78 is 5.17.